The van der Waals surface area contributed by atoms with Gasteiger partial charge in [0, 0.05) is 24.0 Å². The number of H-pyrrole nitrogens is 1. The Bertz CT molecular complexity index is 525. The van der Waals surface area contributed by atoms with Crippen molar-refractivity contribution in [3.05, 3.63) is 36.5 Å². The van der Waals surface area contributed by atoms with Crippen molar-refractivity contribution < 1.29 is 4.79 Å². The van der Waals surface area contributed by atoms with E-state index >= 15 is 0 Å². The van der Waals surface area contributed by atoms with Crippen LogP contribution < -0.4 is 5.32 Å². The van der Waals surface area contributed by atoms with Crippen LogP contribution in [-0.4, -0.2) is 10.9 Å². The van der Waals surface area contributed by atoms with Gasteiger partial charge in [-0.05, 0) is 17.7 Å². The van der Waals surface area contributed by atoms with Gasteiger partial charge in [-0.25, -0.2) is 0 Å². The molecule has 0 fully saturated rings. The van der Waals surface area contributed by atoms with Crippen molar-refractivity contribution in [2.45, 2.75) is 6.92 Å². The molecule has 2 rings (SSSR count). The average molecular weight is 200 g/mol. The van der Waals surface area contributed by atoms with E-state index in [-0.39, 0.29) is 5.91 Å². The lowest BCUT2D eigenvalue weighted by Gasteiger charge is -1.99. The van der Waals surface area contributed by atoms with Crippen LogP contribution in [0.1, 0.15) is 12.5 Å². The number of aromatic nitrogens is 1. The number of hydrogen-bond acceptors (Lipinski definition) is 1. The maximum atomic E-state index is 11.0. The predicted octanol–water partition coefficient (Wildman–Crippen LogP) is 2.77. The van der Waals surface area contributed by atoms with Crippen LogP contribution in [0.3, 0.4) is 0 Å². The highest BCUT2D eigenvalue weighted by atomic mass is 16.1. The first kappa shape index (κ1) is 9.52. The molecule has 76 valence electrons. The van der Waals surface area contributed by atoms with Crippen LogP contribution in [0.4, 0.5) is 5.69 Å². The Balaban J connectivity index is 2.55. The number of carbonyl (C=O) groups is 1. The van der Waals surface area contributed by atoms with Gasteiger partial charge >= 0.3 is 0 Å². The van der Waals surface area contributed by atoms with Gasteiger partial charge in [-0.3, -0.25) is 4.79 Å². The molecule has 3 heteroatoms. The summed E-state index contributed by atoms with van der Waals surface area (Å²) in [7, 11) is 0. The molecule has 3 nitrogen and oxygen atoms in total. The summed E-state index contributed by atoms with van der Waals surface area (Å²) in [6.45, 7) is 5.21. The molecular formula is C12H12N2O. The van der Waals surface area contributed by atoms with Crippen LogP contribution in [-0.2, 0) is 4.79 Å². The molecule has 2 aromatic rings. The number of amides is 1. The number of benzene rings is 1. The zero-order valence-corrected chi connectivity index (χ0v) is 8.50. The average Bonchev–Trinajstić information content (AvgIpc) is 2.60. The Kier molecular flexibility index (Phi) is 2.29. The van der Waals surface area contributed by atoms with Gasteiger partial charge in [-0.2, -0.15) is 0 Å². The Hall–Kier alpha value is -2.03. The quantitative estimate of drug-likeness (QED) is 0.769. The van der Waals surface area contributed by atoms with E-state index in [0.29, 0.717) is 0 Å². The van der Waals surface area contributed by atoms with Crippen LogP contribution in [0.25, 0.3) is 17.0 Å². The molecule has 1 aromatic heterocycles. The predicted molar refractivity (Wildman–Crippen MR) is 62.7 cm³/mol. The third kappa shape index (κ3) is 1.76. The molecule has 1 amide bonds. The highest BCUT2D eigenvalue weighted by Gasteiger charge is 2.04. The number of nitrogens with one attached hydrogen (secondary N) is 2. The Morgan fingerprint density at radius 1 is 1.53 bits per heavy atom. The van der Waals surface area contributed by atoms with E-state index in [4.69, 9.17) is 0 Å². The number of rotatable bonds is 2. The first-order valence-electron chi connectivity index (χ1n) is 4.72. The topological polar surface area (TPSA) is 44.9 Å². The van der Waals surface area contributed by atoms with Gasteiger partial charge in [0.2, 0.25) is 5.91 Å². The molecule has 0 atom stereocenters. The molecule has 0 spiro atoms. The third-order valence-electron chi connectivity index (χ3n) is 2.25. The lowest BCUT2D eigenvalue weighted by Crippen LogP contribution is -2.04. The van der Waals surface area contributed by atoms with Gasteiger partial charge in [0.05, 0.1) is 5.69 Å². The second kappa shape index (κ2) is 3.61. The van der Waals surface area contributed by atoms with Crippen molar-refractivity contribution in [2.24, 2.45) is 0 Å². The van der Waals surface area contributed by atoms with Crippen LogP contribution in [0, 0.1) is 0 Å². The molecule has 0 aliphatic carbocycles. The minimum absolute atomic E-state index is 0.0695. The van der Waals surface area contributed by atoms with Crippen LogP contribution >= 0.6 is 0 Å². The molecule has 1 heterocycles. The van der Waals surface area contributed by atoms with E-state index in [1.807, 2.05) is 18.2 Å². The van der Waals surface area contributed by atoms with Gasteiger partial charge in [-0.15, -0.1) is 0 Å². The smallest absolute Gasteiger partial charge is 0.221 e. The second-order valence-corrected chi connectivity index (χ2v) is 3.39. The maximum Gasteiger partial charge on any atom is 0.221 e. The second-order valence-electron chi connectivity index (χ2n) is 3.39. The normalized spacial score (nSPS) is 10.2. The summed E-state index contributed by atoms with van der Waals surface area (Å²) >= 11 is 0. The fourth-order valence-corrected chi connectivity index (χ4v) is 1.56. The van der Waals surface area contributed by atoms with E-state index in [1.165, 1.54) is 6.92 Å². The van der Waals surface area contributed by atoms with Crippen LogP contribution in [0.5, 0.6) is 0 Å². The minimum Gasteiger partial charge on any atom is -0.359 e. The van der Waals surface area contributed by atoms with Crippen LogP contribution in [0.15, 0.2) is 31.0 Å². The minimum atomic E-state index is -0.0695. The summed E-state index contributed by atoms with van der Waals surface area (Å²) in [6.07, 6.45) is 3.57. The van der Waals surface area contributed by atoms with E-state index in [1.54, 1.807) is 12.3 Å². The van der Waals surface area contributed by atoms with E-state index in [0.717, 1.165) is 22.2 Å². The number of carbonyl (C=O) groups excluding carboxylic acids is 1. The van der Waals surface area contributed by atoms with Gasteiger partial charge in [-0.1, -0.05) is 18.7 Å². The zero-order chi connectivity index (χ0) is 10.8. The molecular weight excluding hydrogens is 188 g/mol. The highest BCUT2D eigenvalue weighted by molar-refractivity contribution is 6.01. The fraction of sp³-hybridized carbons (Fsp3) is 0.0833. The molecule has 0 aliphatic rings. The SMILES string of the molecule is C=Cc1ccc2[nH]cc(NC(C)=O)c2c1. The van der Waals surface area contributed by atoms with Crippen molar-refractivity contribution >= 4 is 28.6 Å². The first-order chi connectivity index (χ1) is 7.20. The lowest BCUT2D eigenvalue weighted by molar-refractivity contribution is -0.114. The summed E-state index contributed by atoms with van der Waals surface area (Å²) in [5.74, 6) is -0.0695. The molecule has 0 bridgehead atoms. The molecule has 2 N–H and O–H groups in total. The van der Waals surface area contributed by atoms with Gasteiger partial charge in [0.15, 0.2) is 0 Å². The van der Waals surface area contributed by atoms with Crippen LogP contribution in [0.2, 0.25) is 0 Å². The van der Waals surface area contributed by atoms with Crippen molar-refractivity contribution in [1.82, 2.24) is 4.98 Å². The molecule has 0 unspecified atom stereocenters. The standard InChI is InChI=1S/C12H12N2O/c1-3-9-4-5-11-10(6-9)12(7-13-11)14-8(2)15/h3-7,13H,1H2,2H3,(H,14,15). The molecule has 1 aromatic carbocycles. The van der Waals surface area contributed by atoms with E-state index in [9.17, 15) is 4.79 Å². The van der Waals surface area contributed by atoms with E-state index < -0.39 is 0 Å². The Labute approximate surface area is 87.8 Å². The van der Waals surface area contributed by atoms with Gasteiger partial charge in [0.1, 0.15) is 0 Å². The van der Waals surface area contributed by atoms with Crippen molar-refractivity contribution in [3.63, 3.8) is 0 Å². The number of anilines is 1. The number of fused-ring (bicyclic) bond motifs is 1. The summed E-state index contributed by atoms with van der Waals surface area (Å²) in [5, 5.41) is 3.78. The summed E-state index contributed by atoms with van der Waals surface area (Å²) in [6, 6.07) is 5.94. The third-order valence-corrected chi connectivity index (χ3v) is 2.25. The fourth-order valence-electron chi connectivity index (χ4n) is 1.56. The highest BCUT2D eigenvalue weighted by Crippen LogP contribution is 2.24. The monoisotopic (exact) mass is 200 g/mol. The van der Waals surface area contributed by atoms with Gasteiger partial charge < -0.3 is 10.3 Å². The van der Waals surface area contributed by atoms with Crippen molar-refractivity contribution in [1.29, 1.82) is 0 Å². The zero-order valence-electron chi connectivity index (χ0n) is 8.50. The molecule has 0 aliphatic heterocycles. The molecule has 0 radical (unpaired) electrons. The summed E-state index contributed by atoms with van der Waals surface area (Å²) < 4.78 is 0. The van der Waals surface area contributed by atoms with Crippen molar-refractivity contribution in [3.8, 4) is 0 Å². The summed E-state index contributed by atoms with van der Waals surface area (Å²) in [5.41, 5.74) is 2.85. The largest absolute Gasteiger partial charge is 0.359 e. The van der Waals surface area contributed by atoms with Crippen molar-refractivity contribution in [2.75, 3.05) is 5.32 Å². The Morgan fingerprint density at radius 3 is 3.00 bits per heavy atom. The maximum absolute atomic E-state index is 11.0. The van der Waals surface area contributed by atoms with Gasteiger partial charge in [0.25, 0.3) is 0 Å². The number of hydrogen-bond donors (Lipinski definition) is 2. The summed E-state index contributed by atoms with van der Waals surface area (Å²) in [4.78, 5) is 14.1. The first-order valence-corrected chi connectivity index (χ1v) is 4.72. The molecule has 0 saturated carbocycles. The lowest BCUT2D eigenvalue weighted by atomic mass is 10.1. The van der Waals surface area contributed by atoms with E-state index in [2.05, 4.69) is 16.9 Å². The molecule has 15 heavy (non-hydrogen) atoms. The number of aromatic amines is 1. The molecule has 0 saturated heterocycles. The Morgan fingerprint density at radius 2 is 2.33 bits per heavy atom.